The van der Waals surface area contributed by atoms with Gasteiger partial charge in [-0.25, -0.2) is 20.0 Å². The number of hydrogen-bond acceptors (Lipinski definition) is 7. The van der Waals surface area contributed by atoms with Gasteiger partial charge in [-0.15, -0.1) is 10.2 Å². The van der Waals surface area contributed by atoms with E-state index in [1.807, 2.05) is 30.3 Å². The quantitative estimate of drug-likeness (QED) is 0.713. The maximum atomic E-state index is 12.9. The number of carbonyl (C=O) groups is 2. The third-order valence-electron chi connectivity index (χ3n) is 4.97. The van der Waals surface area contributed by atoms with Gasteiger partial charge in [-0.05, 0) is 52.0 Å². The van der Waals surface area contributed by atoms with Crippen LogP contribution in [-0.2, 0) is 16.1 Å². The van der Waals surface area contributed by atoms with E-state index >= 15 is 0 Å². The Morgan fingerprint density at radius 2 is 1.81 bits per heavy atom. The molecular weight excluding hydrogens is 400 g/mol. The Labute approximate surface area is 182 Å². The van der Waals surface area contributed by atoms with E-state index in [-0.39, 0.29) is 18.6 Å². The molecule has 1 aromatic carbocycles. The fraction of sp³-hybridized carbons (Fsp3) is 0.545. The average molecular weight is 431 g/mol. The van der Waals surface area contributed by atoms with E-state index in [1.54, 1.807) is 27.7 Å². The maximum absolute atomic E-state index is 12.9. The number of hydrogen-bond donors (Lipinski definition) is 1. The van der Waals surface area contributed by atoms with E-state index in [4.69, 9.17) is 13.9 Å². The van der Waals surface area contributed by atoms with E-state index < -0.39 is 17.8 Å². The molecule has 1 heterocycles. The predicted octanol–water partition coefficient (Wildman–Crippen LogP) is 4.48. The van der Waals surface area contributed by atoms with Gasteiger partial charge in [0.2, 0.25) is 11.8 Å². The van der Waals surface area contributed by atoms with Gasteiger partial charge in [-0.1, -0.05) is 30.3 Å². The minimum Gasteiger partial charge on any atom is -0.443 e. The van der Waals surface area contributed by atoms with Gasteiger partial charge in [0, 0.05) is 12.8 Å². The molecule has 0 spiro atoms. The number of aromatic nitrogens is 2. The van der Waals surface area contributed by atoms with Crippen molar-refractivity contribution in [3.8, 4) is 0 Å². The molecule has 1 aliphatic rings. The molecule has 1 N–H and O–H groups in total. The molecule has 0 radical (unpaired) electrons. The average Bonchev–Trinajstić information content (AvgIpc) is 3.16. The van der Waals surface area contributed by atoms with Crippen molar-refractivity contribution in [1.29, 1.82) is 0 Å². The molecule has 9 nitrogen and oxygen atoms in total. The Morgan fingerprint density at radius 1 is 1.13 bits per heavy atom. The highest BCUT2D eigenvalue weighted by molar-refractivity contribution is 5.74. The van der Waals surface area contributed by atoms with Crippen LogP contribution in [0, 0.1) is 6.92 Å². The summed E-state index contributed by atoms with van der Waals surface area (Å²) in [7, 11) is 0. The summed E-state index contributed by atoms with van der Waals surface area (Å²) in [6, 6.07) is 9.16. The highest BCUT2D eigenvalue weighted by Crippen LogP contribution is 2.34. The second-order valence-electron chi connectivity index (χ2n) is 8.69. The number of benzene rings is 1. The molecule has 9 heteroatoms. The number of amides is 2. The summed E-state index contributed by atoms with van der Waals surface area (Å²) in [6.07, 6.45) is 1.51. The molecule has 0 atom stereocenters. The minimum absolute atomic E-state index is 0.114. The number of nitrogens with one attached hydrogen (secondary N) is 1. The van der Waals surface area contributed by atoms with Crippen molar-refractivity contribution in [3.63, 3.8) is 0 Å². The van der Waals surface area contributed by atoms with Crippen LogP contribution in [0.15, 0.2) is 34.7 Å². The van der Waals surface area contributed by atoms with Crippen LogP contribution < -0.4 is 5.43 Å². The number of aryl methyl sites for hydroxylation is 1. The number of nitrogens with zero attached hydrogens (tertiary/aromatic N) is 3. The summed E-state index contributed by atoms with van der Waals surface area (Å²) in [5.41, 5.74) is 2.77. The van der Waals surface area contributed by atoms with Gasteiger partial charge in [0.05, 0.1) is 6.04 Å². The molecule has 0 unspecified atom stereocenters. The molecule has 0 aliphatic heterocycles. The van der Waals surface area contributed by atoms with Gasteiger partial charge < -0.3 is 13.9 Å². The van der Waals surface area contributed by atoms with Crippen molar-refractivity contribution in [1.82, 2.24) is 20.6 Å². The van der Waals surface area contributed by atoms with Crippen LogP contribution >= 0.6 is 0 Å². The summed E-state index contributed by atoms with van der Waals surface area (Å²) < 4.78 is 16.4. The molecule has 168 valence electrons. The maximum Gasteiger partial charge on any atom is 0.429 e. The number of rotatable bonds is 4. The Hall–Kier alpha value is -3.10. The fourth-order valence-corrected chi connectivity index (χ4v) is 3.53. The molecule has 1 fully saturated rings. The summed E-state index contributed by atoms with van der Waals surface area (Å²) >= 11 is 0. The fourth-order valence-electron chi connectivity index (χ4n) is 3.53. The van der Waals surface area contributed by atoms with Crippen LogP contribution in [0.4, 0.5) is 9.59 Å². The highest BCUT2D eigenvalue weighted by atomic mass is 16.6. The molecule has 3 rings (SSSR count). The molecule has 2 amide bonds. The first-order valence-corrected chi connectivity index (χ1v) is 10.5. The molecule has 1 saturated carbocycles. The summed E-state index contributed by atoms with van der Waals surface area (Å²) in [4.78, 5) is 25.2. The van der Waals surface area contributed by atoms with Gasteiger partial charge in [0.25, 0.3) is 0 Å². The molecule has 0 saturated heterocycles. The monoisotopic (exact) mass is 430 g/mol. The molecule has 1 aliphatic carbocycles. The van der Waals surface area contributed by atoms with E-state index in [0.29, 0.717) is 24.6 Å². The Balaban J connectivity index is 1.64. The Kier molecular flexibility index (Phi) is 7.14. The van der Waals surface area contributed by atoms with Crippen LogP contribution in [0.25, 0.3) is 0 Å². The zero-order chi connectivity index (χ0) is 22.4. The lowest BCUT2D eigenvalue weighted by Crippen LogP contribution is -2.54. The second kappa shape index (κ2) is 9.80. The van der Waals surface area contributed by atoms with Gasteiger partial charge in [0.15, 0.2) is 0 Å². The van der Waals surface area contributed by atoms with Crippen molar-refractivity contribution in [2.45, 2.75) is 77.5 Å². The first kappa shape index (κ1) is 22.6. The zero-order valence-electron chi connectivity index (χ0n) is 18.5. The summed E-state index contributed by atoms with van der Waals surface area (Å²) in [5.74, 6) is 1.30. The summed E-state index contributed by atoms with van der Waals surface area (Å²) in [6.45, 7) is 7.17. The normalized spacial score (nSPS) is 18.8. The van der Waals surface area contributed by atoms with Crippen molar-refractivity contribution in [2.24, 2.45) is 0 Å². The third-order valence-corrected chi connectivity index (χ3v) is 4.97. The highest BCUT2D eigenvalue weighted by Gasteiger charge is 2.34. The van der Waals surface area contributed by atoms with E-state index in [0.717, 1.165) is 18.4 Å². The lowest BCUT2D eigenvalue weighted by molar-refractivity contribution is 0.0114. The third kappa shape index (κ3) is 6.70. The molecule has 1 aromatic heterocycles. The number of ether oxygens (including phenoxy) is 2. The van der Waals surface area contributed by atoms with Crippen LogP contribution in [-0.4, -0.2) is 39.0 Å². The Bertz CT molecular complexity index is 870. The summed E-state index contributed by atoms with van der Waals surface area (Å²) in [5, 5.41) is 9.27. The molecule has 0 bridgehead atoms. The van der Waals surface area contributed by atoms with E-state index in [2.05, 4.69) is 15.6 Å². The Morgan fingerprint density at radius 3 is 2.39 bits per heavy atom. The van der Waals surface area contributed by atoms with Crippen LogP contribution in [0.5, 0.6) is 0 Å². The number of hydrazine groups is 1. The smallest absolute Gasteiger partial charge is 0.429 e. The van der Waals surface area contributed by atoms with Gasteiger partial charge in [-0.3, -0.25) is 0 Å². The van der Waals surface area contributed by atoms with Crippen molar-refractivity contribution in [3.05, 3.63) is 47.7 Å². The lowest BCUT2D eigenvalue weighted by atomic mass is 9.86. The van der Waals surface area contributed by atoms with Crippen molar-refractivity contribution in [2.75, 3.05) is 0 Å². The van der Waals surface area contributed by atoms with Gasteiger partial charge >= 0.3 is 12.2 Å². The lowest BCUT2D eigenvalue weighted by Gasteiger charge is -2.35. The predicted molar refractivity (Wildman–Crippen MR) is 112 cm³/mol. The molecule has 31 heavy (non-hydrogen) atoms. The number of carbonyl (C=O) groups excluding carboxylic acids is 2. The topological polar surface area (TPSA) is 107 Å². The zero-order valence-corrected chi connectivity index (χ0v) is 18.5. The second-order valence-corrected chi connectivity index (χ2v) is 8.69. The van der Waals surface area contributed by atoms with Crippen LogP contribution in [0.1, 0.15) is 69.7 Å². The first-order chi connectivity index (χ1) is 14.7. The van der Waals surface area contributed by atoms with E-state index in [9.17, 15) is 9.59 Å². The standard InChI is InChI=1S/C22H30N4O5/c1-15-23-24-19(30-15)17-10-12-18(13-11-17)26(25-20(27)31-22(2,3)4)21(28)29-14-16-8-6-5-7-9-16/h5-9,17-18H,10-14H2,1-4H3,(H,25,27). The molecular formula is C22H30N4O5. The largest absolute Gasteiger partial charge is 0.443 e. The van der Waals surface area contributed by atoms with E-state index in [1.165, 1.54) is 5.01 Å². The molecule has 2 aromatic rings. The van der Waals surface area contributed by atoms with Crippen LogP contribution in [0.3, 0.4) is 0 Å². The minimum atomic E-state index is -0.696. The van der Waals surface area contributed by atoms with Crippen molar-refractivity contribution < 1.29 is 23.5 Å². The van der Waals surface area contributed by atoms with Crippen LogP contribution in [0.2, 0.25) is 0 Å². The SMILES string of the molecule is Cc1nnc(C2CCC(N(NC(=O)OC(C)(C)C)C(=O)OCc3ccccc3)CC2)o1. The first-order valence-electron chi connectivity index (χ1n) is 10.5. The van der Waals surface area contributed by atoms with Gasteiger partial charge in [0.1, 0.15) is 12.2 Å². The van der Waals surface area contributed by atoms with Crippen molar-refractivity contribution >= 4 is 12.2 Å². The van der Waals surface area contributed by atoms with Gasteiger partial charge in [-0.2, -0.15) is 0 Å².